The van der Waals surface area contributed by atoms with Crippen LogP contribution >= 0.6 is 0 Å². The molecule has 130 valence electrons. The van der Waals surface area contributed by atoms with Crippen molar-refractivity contribution in [2.24, 2.45) is 0 Å². The SMILES string of the molecule is CCCc1ccc(CN2CCC(N3C[C@@H](C)O[C@@H](C)C3)CC2)o1. The molecule has 0 bridgehead atoms. The number of aryl methyl sites for hydroxylation is 1. The Morgan fingerprint density at radius 3 is 2.35 bits per heavy atom. The first kappa shape index (κ1) is 17.0. The summed E-state index contributed by atoms with van der Waals surface area (Å²) in [7, 11) is 0. The molecule has 0 saturated carbocycles. The Labute approximate surface area is 140 Å². The smallest absolute Gasteiger partial charge is 0.118 e. The van der Waals surface area contributed by atoms with Gasteiger partial charge in [-0.2, -0.15) is 0 Å². The quantitative estimate of drug-likeness (QED) is 0.832. The van der Waals surface area contributed by atoms with Gasteiger partial charge in [0.05, 0.1) is 18.8 Å². The zero-order valence-corrected chi connectivity index (χ0v) is 15.0. The van der Waals surface area contributed by atoms with E-state index in [2.05, 4.69) is 42.7 Å². The van der Waals surface area contributed by atoms with Gasteiger partial charge in [-0.05, 0) is 45.2 Å². The highest BCUT2D eigenvalue weighted by Crippen LogP contribution is 2.23. The van der Waals surface area contributed by atoms with Crippen LogP contribution in [0.4, 0.5) is 0 Å². The van der Waals surface area contributed by atoms with Gasteiger partial charge in [0.1, 0.15) is 11.5 Å². The van der Waals surface area contributed by atoms with E-state index in [4.69, 9.17) is 9.15 Å². The second-order valence-electron chi connectivity index (χ2n) is 7.34. The van der Waals surface area contributed by atoms with E-state index < -0.39 is 0 Å². The van der Waals surface area contributed by atoms with Gasteiger partial charge >= 0.3 is 0 Å². The third-order valence-electron chi connectivity index (χ3n) is 5.11. The molecule has 4 nitrogen and oxygen atoms in total. The van der Waals surface area contributed by atoms with Crippen LogP contribution in [0.2, 0.25) is 0 Å². The summed E-state index contributed by atoms with van der Waals surface area (Å²) in [6.45, 7) is 12.1. The second-order valence-corrected chi connectivity index (χ2v) is 7.34. The topological polar surface area (TPSA) is 28.9 Å². The lowest BCUT2D eigenvalue weighted by molar-refractivity contribution is -0.0866. The zero-order valence-electron chi connectivity index (χ0n) is 15.0. The number of nitrogens with zero attached hydrogens (tertiary/aromatic N) is 2. The Balaban J connectivity index is 1.46. The molecule has 23 heavy (non-hydrogen) atoms. The summed E-state index contributed by atoms with van der Waals surface area (Å²) in [4.78, 5) is 5.20. The molecule has 2 aliphatic rings. The highest BCUT2D eigenvalue weighted by molar-refractivity contribution is 5.07. The molecule has 3 rings (SSSR count). The standard InChI is InChI=1S/C19H32N2O2/c1-4-5-18-6-7-19(23-18)14-20-10-8-17(9-11-20)21-12-15(2)22-16(3)13-21/h6-7,15-17H,4-5,8-14H2,1-3H3/t15-,16+. The molecule has 0 radical (unpaired) electrons. The molecular weight excluding hydrogens is 288 g/mol. The summed E-state index contributed by atoms with van der Waals surface area (Å²) in [5.74, 6) is 2.26. The number of hydrogen-bond donors (Lipinski definition) is 0. The van der Waals surface area contributed by atoms with Crippen LogP contribution < -0.4 is 0 Å². The van der Waals surface area contributed by atoms with Gasteiger partial charge in [0.2, 0.25) is 0 Å². The Kier molecular flexibility index (Phi) is 5.78. The molecule has 0 aromatic carbocycles. The van der Waals surface area contributed by atoms with Crippen molar-refractivity contribution in [3.8, 4) is 0 Å². The molecule has 0 unspecified atom stereocenters. The van der Waals surface area contributed by atoms with Gasteiger partial charge in [0.15, 0.2) is 0 Å². The maximum atomic E-state index is 5.93. The molecule has 3 heterocycles. The Bertz CT molecular complexity index is 469. The highest BCUT2D eigenvalue weighted by atomic mass is 16.5. The van der Waals surface area contributed by atoms with Crippen molar-refractivity contribution in [3.05, 3.63) is 23.7 Å². The van der Waals surface area contributed by atoms with Gasteiger partial charge in [0, 0.05) is 38.6 Å². The fourth-order valence-electron chi connectivity index (χ4n) is 4.07. The van der Waals surface area contributed by atoms with Crippen LogP contribution in [0.3, 0.4) is 0 Å². The minimum Gasteiger partial charge on any atom is -0.465 e. The molecule has 1 aromatic rings. The van der Waals surface area contributed by atoms with Crippen molar-refractivity contribution in [2.45, 2.75) is 71.2 Å². The first-order valence-electron chi connectivity index (χ1n) is 9.33. The van der Waals surface area contributed by atoms with Crippen LogP contribution in [-0.4, -0.2) is 54.2 Å². The van der Waals surface area contributed by atoms with E-state index in [1.54, 1.807) is 0 Å². The van der Waals surface area contributed by atoms with E-state index in [-0.39, 0.29) is 0 Å². The zero-order chi connectivity index (χ0) is 16.2. The molecule has 2 aliphatic heterocycles. The molecular formula is C19H32N2O2. The van der Waals surface area contributed by atoms with E-state index in [1.165, 1.54) is 25.9 Å². The monoisotopic (exact) mass is 320 g/mol. The van der Waals surface area contributed by atoms with Crippen LogP contribution in [0.25, 0.3) is 0 Å². The molecule has 4 heteroatoms. The Hall–Kier alpha value is -0.840. The van der Waals surface area contributed by atoms with Crippen molar-refractivity contribution in [3.63, 3.8) is 0 Å². The summed E-state index contributed by atoms with van der Waals surface area (Å²) >= 11 is 0. The molecule has 2 fully saturated rings. The average Bonchev–Trinajstić information content (AvgIpc) is 2.95. The van der Waals surface area contributed by atoms with E-state index in [0.717, 1.165) is 50.0 Å². The van der Waals surface area contributed by atoms with Crippen LogP contribution in [0.15, 0.2) is 16.5 Å². The molecule has 0 N–H and O–H groups in total. The maximum Gasteiger partial charge on any atom is 0.118 e. The lowest BCUT2D eigenvalue weighted by atomic mass is 10.0. The first-order valence-corrected chi connectivity index (χ1v) is 9.33. The van der Waals surface area contributed by atoms with Gasteiger partial charge in [-0.3, -0.25) is 9.80 Å². The number of rotatable bonds is 5. The summed E-state index contributed by atoms with van der Waals surface area (Å²) in [6.07, 6.45) is 5.47. The van der Waals surface area contributed by atoms with Gasteiger partial charge in [-0.1, -0.05) is 6.92 Å². The molecule has 1 aromatic heterocycles. The summed E-state index contributed by atoms with van der Waals surface area (Å²) < 4.78 is 11.8. The van der Waals surface area contributed by atoms with E-state index in [1.807, 2.05) is 0 Å². The van der Waals surface area contributed by atoms with Crippen LogP contribution in [0, 0.1) is 0 Å². The van der Waals surface area contributed by atoms with Gasteiger partial charge < -0.3 is 9.15 Å². The average molecular weight is 320 g/mol. The minimum atomic E-state index is 0.372. The van der Waals surface area contributed by atoms with Crippen molar-refractivity contribution in [2.75, 3.05) is 26.2 Å². The number of piperidine rings is 1. The van der Waals surface area contributed by atoms with E-state index in [0.29, 0.717) is 12.2 Å². The predicted octanol–water partition coefficient (Wildman–Crippen LogP) is 3.31. The largest absolute Gasteiger partial charge is 0.465 e. The first-order chi connectivity index (χ1) is 11.1. The lowest BCUT2D eigenvalue weighted by Gasteiger charge is -2.43. The molecule has 2 saturated heterocycles. The third-order valence-corrected chi connectivity index (χ3v) is 5.11. The predicted molar refractivity (Wildman–Crippen MR) is 92.6 cm³/mol. The summed E-state index contributed by atoms with van der Waals surface area (Å²) in [6, 6.07) is 5.03. The van der Waals surface area contributed by atoms with E-state index in [9.17, 15) is 0 Å². The van der Waals surface area contributed by atoms with Crippen molar-refractivity contribution in [1.82, 2.24) is 9.80 Å². The lowest BCUT2D eigenvalue weighted by Crippen LogP contribution is -2.53. The molecule has 2 atom stereocenters. The Morgan fingerprint density at radius 2 is 1.70 bits per heavy atom. The number of ether oxygens (including phenoxy) is 1. The number of hydrogen-bond acceptors (Lipinski definition) is 4. The molecule has 0 amide bonds. The number of furan rings is 1. The maximum absolute atomic E-state index is 5.93. The van der Waals surface area contributed by atoms with Gasteiger partial charge in [-0.15, -0.1) is 0 Å². The van der Waals surface area contributed by atoms with Gasteiger partial charge in [0.25, 0.3) is 0 Å². The van der Waals surface area contributed by atoms with Crippen LogP contribution in [0.1, 0.15) is 51.6 Å². The van der Waals surface area contributed by atoms with Crippen LogP contribution in [0.5, 0.6) is 0 Å². The summed E-state index contributed by atoms with van der Waals surface area (Å²) in [5.41, 5.74) is 0. The van der Waals surface area contributed by atoms with Crippen molar-refractivity contribution >= 4 is 0 Å². The fraction of sp³-hybridized carbons (Fsp3) is 0.789. The Morgan fingerprint density at radius 1 is 1.04 bits per heavy atom. The van der Waals surface area contributed by atoms with Gasteiger partial charge in [-0.25, -0.2) is 0 Å². The second kappa shape index (κ2) is 7.82. The van der Waals surface area contributed by atoms with Crippen molar-refractivity contribution in [1.29, 1.82) is 0 Å². The van der Waals surface area contributed by atoms with Crippen molar-refractivity contribution < 1.29 is 9.15 Å². The van der Waals surface area contributed by atoms with Crippen LogP contribution in [-0.2, 0) is 17.7 Å². The normalized spacial score (nSPS) is 28.3. The number of morpholine rings is 1. The minimum absolute atomic E-state index is 0.372. The fourth-order valence-corrected chi connectivity index (χ4v) is 4.07. The highest BCUT2D eigenvalue weighted by Gasteiger charge is 2.30. The third kappa shape index (κ3) is 4.59. The van der Waals surface area contributed by atoms with E-state index >= 15 is 0 Å². The number of likely N-dealkylation sites (tertiary alicyclic amines) is 1. The molecule has 0 spiro atoms. The summed E-state index contributed by atoms with van der Waals surface area (Å²) in [5, 5.41) is 0. The molecule has 0 aliphatic carbocycles.